The summed E-state index contributed by atoms with van der Waals surface area (Å²) in [6, 6.07) is -0.276. The monoisotopic (exact) mass is 182 g/mol. The maximum atomic E-state index is 11.3. The van der Waals surface area contributed by atoms with Gasteiger partial charge in [-0.1, -0.05) is 0 Å². The van der Waals surface area contributed by atoms with E-state index in [1.807, 2.05) is 0 Å². The molecule has 1 saturated heterocycles. The number of carbonyl (C=O) groups is 2. The highest BCUT2D eigenvalue weighted by molar-refractivity contribution is 5.89. The molecule has 1 atom stereocenters. The van der Waals surface area contributed by atoms with Crippen LogP contribution < -0.4 is 10.6 Å². The van der Waals surface area contributed by atoms with Crippen LogP contribution in [-0.4, -0.2) is 24.4 Å². The summed E-state index contributed by atoms with van der Waals surface area (Å²) < 4.78 is 0. The Morgan fingerprint density at radius 2 is 2.15 bits per heavy atom. The van der Waals surface area contributed by atoms with Gasteiger partial charge in [-0.3, -0.25) is 9.59 Å². The number of nitrogens with one attached hydrogen (secondary N) is 2. The van der Waals surface area contributed by atoms with Gasteiger partial charge in [-0.25, -0.2) is 0 Å². The van der Waals surface area contributed by atoms with Crippen LogP contribution in [0.5, 0.6) is 0 Å². The minimum atomic E-state index is -0.276. The van der Waals surface area contributed by atoms with Crippen LogP contribution in [0.2, 0.25) is 0 Å². The molecule has 1 aliphatic carbocycles. The lowest BCUT2D eigenvalue weighted by molar-refractivity contribution is -0.130. The van der Waals surface area contributed by atoms with E-state index in [0.29, 0.717) is 0 Å². The van der Waals surface area contributed by atoms with Crippen LogP contribution in [0.1, 0.15) is 25.7 Å². The highest BCUT2D eigenvalue weighted by Crippen LogP contribution is 2.29. The zero-order chi connectivity index (χ0) is 9.26. The molecule has 0 aromatic carbocycles. The minimum Gasteiger partial charge on any atom is -0.354 e. The summed E-state index contributed by atoms with van der Waals surface area (Å²) in [6.45, 7) is 0.745. The first-order chi connectivity index (χ1) is 6.27. The summed E-state index contributed by atoms with van der Waals surface area (Å²) in [5.41, 5.74) is 0. The summed E-state index contributed by atoms with van der Waals surface area (Å²) in [5, 5.41) is 5.52. The zero-order valence-electron chi connectivity index (χ0n) is 7.51. The largest absolute Gasteiger partial charge is 0.354 e. The van der Waals surface area contributed by atoms with Gasteiger partial charge in [0.2, 0.25) is 11.8 Å². The molecule has 2 rings (SSSR count). The number of hydrogen-bond acceptors (Lipinski definition) is 2. The molecular weight excluding hydrogens is 168 g/mol. The van der Waals surface area contributed by atoms with Crippen molar-refractivity contribution in [2.45, 2.75) is 31.7 Å². The van der Waals surface area contributed by atoms with Crippen LogP contribution in [0.25, 0.3) is 0 Å². The van der Waals surface area contributed by atoms with Gasteiger partial charge >= 0.3 is 0 Å². The van der Waals surface area contributed by atoms with Crippen LogP contribution >= 0.6 is 0 Å². The summed E-state index contributed by atoms with van der Waals surface area (Å²) in [4.78, 5) is 22.6. The molecule has 0 bridgehead atoms. The first kappa shape index (κ1) is 8.53. The molecule has 0 aromatic rings. The van der Waals surface area contributed by atoms with Crippen molar-refractivity contribution in [3.63, 3.8) is 0 Å². The van der Waals surface area contributed by atoms with Crippen LogP contribution in [0.3, 0.4) is 0 Å². The van der Waals surface area contributed by atoms with Crippen molar-refractivity contribution in [3.8, 4) is 0 Å². The quantitative estimate of drug-likeness (QED) is 0.621. The third-order valence-corrected chi connectivity index (χ3v) is 2.55. The van der Waals surface area contributed by atoms with Crippen molar-refractivity contribution >= 4 is 11.8 Å². The molecule has 2 aliphatic rings. The van der Waals surface area contributed by atoms with Gasteiger partial charge in [-0.2, -0.15) is 0 Å². The van der Waals surface area contributed by atoms with Gasteiger partial charge < -0.3 is 10.6 Å². The molecule has 13 heavy (non-hydrogen) atoms. The third kappa shape index (κ3) is 1.99. The Labute approximate surface area is 77.1 Å². The highest BCUT2D eigenvalue weighted by Gasteiger charge is 2.33. The molecule has 1 heterocycles. The molecule has 72 valence electrons. The summed E-state index contributed by atoms with van der Waals surface area (Å²) >= 11 is 0. The van der Waals surface area contributed by atoms with Crippen molar-refractivity contribution < 1.29 is 9.59 Å². The first-order valence-corrected chi connectivity index (χ1v) is 4.85. The van der Waals surface area contributed by atoms with Crippen molar-refractivity contribution in [1.82, 2.24) is 10.6 Å². The van der Waals surface area contributed by atoms with Crippen LogP contribution in [0, 0.1) is 5.92 Å². The van der Waals surface area contributed by atoms with E-state index in [4.69, 9.17) is 0 Å². The number of hydrogen-bond donors (Lipinski definition) is 2. The predicted molar refractivity (Wildman–Crippen MR) is 46.9 cm³/mol. The van der Waals surface area contributed by atoms with E-state index in [2.05, 4.69) is 10.6 Å². The molecule has 0 radical (unpaired) electrons. The molecular formula is C9H14N2O2. The Morgan fingerprint density at radius 3 is 2.77 bits per heavy atom. The second-order valence-electron chi connectivity index (χ2n) is 3.77. The number of amides is 2. The number of carbonyl (C=O) groups excluding carboxylic acids is 2. The van der Waals surface area contributed by atoms with E-state index in [-0.39, 0.29) is 23.8 Å². The Bertz CT molecular complexity index is 236. The standard InChI is InChI=1S/C9H14N2O2/c12-8(6-3-4-6)11-7-2-1-5-10-9(7)13/h6-7H,1-5H2,(H,10,13)(H,11,12). The smallest absolute Gasteiger partial charge is 0.242 e. The molecule has 2 fully saturated rings. The SMILES string of the molecule is O=C(NC1CCCNC1=O)C1CC1. The van der Waals surface area contributed by atoms with E-state index in [1.54, 1.807) is 0 Å². The maximum absolute atomic E-state index is 11.3. The highest BCUT2D eigenvalue weighted by atomic mass is 16.2. The zero-order valence-corrected chi connectivity index (χ0v) is 7.51. The third-order valence-electron chi connectivity index (χ3n) is 2.55. The van der Waals surface area contributed by atoms with E-state index in [0.717, 1.165) is 32.2 Å². The van der Waals surface area contributed by atoms with Crippen LogP contribution in [-0.2, 0) is 9.59 Å². The Balaban J connectivity index is 1.84. The summed E-state index contributed by atoms with van der Waals surface area (Å²) in [7, 11) is 0. The lowest BCUT2D eigenvalue weighted by atomic mass is 10.1. The van der Waals surface area contributed by atoms with Crippen LogP contribution in [0.15, 0.2) is 0 Å². The van der Waals surface area contributed by atoms with Crippen molar-refractivity contribution in [2.75, 3.05) is 6.54 Å². The van der Waals surface area contributed by atoms with Crippen LogP contribution in [0.4, 0.5) is 0 Å². The van der Waals surface area contributed by atoms with Gasteiger partial charge in [0.1, 0.15) is 6.04 Å². The fraction of sp³-hybridized carbons (Fsp3) is 0.778. The van der Waals surface area contributed by atoms with Gasteiger partial charge in [0.25, 0.3) is 0 Å². The number of rotatable bonds is 2. The molecule has 2 amide bonds. The Hall–Kier alpha value is -1.06. The Kier molecular flexibility index (Phi) is 2.20. The predicted octanol–water partition coefficient (Wildman–Crippen LogP) is -0.209. The average molecular weight is 182 g/mol. The second-order valence-corrected chi connectivity index (χ2v) is 3.77. The van der Waals surface area contributed by atoms with E-state index >= 15 is 0 Å². The molecule has 0 spiro atoms. The van der Waals surface area contributed by atoms with Crippen molar-refractivity contribution in [2.24, 2.45) is 5.92 Å². The molecule has 1 unspecified atom stereocenters. The lowest BCUT2D eigenvalue weighted by Crippen LogP contribution is -2.50. The average Bonchev–Trinajstić information content (AvgIpc) is 2.91. The van der Waals surface area contributed by atoms with Gasteiger partial charge in [0.15, 0.2) is 0 Å². The lowest BCUT2D eigenvalue weighted by Gasteiger charge is -2.22. The fourth-order valence-electron chi connectivity index (χ4n) is 1.54. The van der Waals surface area contributed by atoms with E-state index in [9.17, 15) is 9.59 Å². The summed E-state index contributed by atoms with van der Waals surface area (Å²) in [5.74, 6) is 0.219. The molecule has 1 aliphatic heterocycles. The van der Waals surface area contributed by atoms with Gasteiger partial charge in [0.05, 0.1) is 0 Å². The fourth-order valence-corrected chi connectivity index (χ4v) is 1.54. The topological polar surface area (TPSA) is 58.2 Å². The molecule has 2 N–H and O–H groups in total. The maximum Gasteiger partial charge on any atom is 0.242 e. The van der Waals surface area contributed by atoms with E-state index < -0.39 is 0 Å². The molecule has 1 saturated carbocycles. The van der Waals surface area contributed by atoms with Crippen molar-refractivity contribution in [3.05, 3.63) is 0 Å². The molecule has 4 heteroatoms. The minimum absolute atomic E-state index is 0.0275. The van der Waals surface area contributed by atoms with Gasteiger partial charge in [-0.15, -0.1) is 0 Å². The number of piperidine rings is 1. The Morgan fingerprint density at radius 1 is 1.38 bits per heavy atom. The normalized spacial score (nSPS) is 28.0. The second kappa shape index (κ2) is 3.36. The van der Waals surface area contributed by atoms with E-state index in [1.165, 1.54) is 0 Å². The first-order valence-electron chi connectivity index (χ1n) is 4.85. The summed E-state index contributed by atoms with van der Waals surface area (Å²) in [6.07, 6.45) is 3.71. The molecule has 0 aromatic heterocycles. The van der Waals surface area contributed by atoms with Crippen molar-refractivity contribution in [1.29, 1.82) is 0 Å². The van der Waals surface area contributed by atoms with Gasteiger partial charge in [0, 0.05) is 12.5 Å². The molecule has 4 nitrogen and oxygen atoms in total. The van der Waals surface area contributed by atoms with Gasteiger partial charge in [-0.05, 0) is 25.7 Å².